The van der Waals surface area contributed by atoms with E-state index in [9.17, 15) is 4.79 Å². The van der Waals surface area contributed by atoms with E-state index in [-0.39, 0.29) is 19.1 Å². The Bertz CT molecular complexity index is 1480. The minimum Gasteiger partial charge on any atom is -0.428 e. The Hall–Kier alpha value is -5.45. The number of anilines is 1. The van der Waals surface area contributed by atoms with Crippen molar-refractivity contribution in [3.05, 3.63) is 105 Å². The summed E-state index contributed by atoms with van der Waals surface area (Å²) in [4.78, 5) is 22.2. The van der Waals surface area contributed by atoms with Crippen molar-refractivity contribution in [2.45, 2.75) is 26.1 Å². The van der Waals surface area contributed by atoms with E-state index < -0.39 is 0 Å². The summed E-state index contributed by atoms with van der Waals surface area (Å²) in [5.74, 6) is 0.256. The van der Waals surface area contributed by atoms with Gasteiger partial charge in [0.25, 0.3) is 0 Å². The van der Waals surface area contributed by atoms with E-state index in [1.165, 1.54) is 17.2 Å². The van der Waals surface area contributed by atoms with Gasteiger partial charge in [-0.3, -0.25) is 14.5 Å². The second-order valence-corrected chi connectivity index (χ2v) is 7.61. The molecule has 184 valence electrons. The molecule has 0 radical (unpaired) electrons. The van der Waals surface area contributed by atoms with Gasteiger partial charge in [0.15, 0.2) is 0 Å². The number of aromatic nitrogens is 5. The molecule has 0 saturated carbocycles. The highest BCUT2D eigenvalue weighted by atomic mass is 16.4. The Morgan fingerprint density at radius 1 is 1.11 bits per heavy atom. The van der Waals surface area contributed by atoms with Crippen LogP contribution >= 0.6 is 0 Å². The number of carbonyl (C=O) groups excluding carboxylic acids is 1. The minimum atomic E-state index is -0.318. The summed E-state index contributed by atoms with van der Waals surface area (Å²) in [7, 11) is 0. The van der Waals surface area contributed by atoms with Crippen LogP contribution < -0.4 is 5.32 Å². The second kappa shape index (κ2) is 12.3. The molecule has 3 aromatic heterocycles. The summed E-state index contributed by atoms with van der Waals surface area (Å²) in [6.07, 6.45) is 10.6. The van der Waals surface area contributed by atoms with Crippen LogP contribution in [0.3, 0.4) is 0 Å². The Labute approximate surface area is 209 Å². The van der Waals surface area contributed by atoms with E-state index in [0.29, 0.717) is 34.8 Å². The number of benzene rings is 1. The Kier molecular flexibility index (Phi) is 8.21. The maximum absolute atomic E-state index is 12.6. The highest BCUT2D eigenvalue weighted by molar-refractivity contribution is 6.02. The van der Waals surface area contributed by atoms with Gasteiger partial charge in [-0.25, -0.2) is 0 Å². The standard InChI is InChI=1S/C23H20N12O2/c24-33-27-12-21-20(13-35(32-21)14-28-34-25)19-9-10-26-11-17(19)4-7-22(36)30-18-5-1-16(2-6-18)3-8-23-31-29-15-37-23/h1-2,4-7,9-11,13,15H,3,8,12,14H2,(H,30,36)/b7-4+. The number of amides is 1. The van der Waals surface area contributed by atoms with Crippen molar-refractivity contribution in [1.82, 2.24) is 25.0 Å². The maximum Gasteiger partial charge on any atom is 0.248 e. The molecule has 1 amide bonds. The van der Waals surface area contributed by atoms with Crippen molar-refractivity contribution in [3.8, 4) is 11.1 Å². The van der Waals surface area contributed by atoms with Crippen LogP contribution in [0.2, 0.25) is 0 Å². The molecule has 14 heteroatoms. The highest BCUT2D eigenvalue weighted by Gasteiger charge is 2.13. The molecular formula is C23H20N12O2. The lowest BCUT2D eigenvalue weighted by molar-refractivity contribution is -0.111. The number of pyridine rings is 1. The molecule has 0 bridgehead atoms. The van der Waals surface area contributed by atoms with Crippen molar-refractivity contribution in [1.29, 1.82) is 0 Å². The van der Waals surface area contributed by atoms with E-state index >= 15 is 0 Å². The normalized spacial score (nSPS) is 10.6. The average molecular weight is 496 g/mol. The first-order valence-electron chi connectivity index (χ1n) is 11.0. The highest BCUT2D eigenvalue weighted by Crippen LogP contribution is 2.28. The molecule has 0 saturated heterocycles. The third-order valence-corrected chi connectivity index (χ3v) is 5.20. The van der Waals surface area contributed by atoms with Crippen LogP contribution in [0.4, 0.5) is 5.69 Å². The molecule has 0 aliphatic carbocycles. The fourth-order valence-corrected chi connectivity index (χ4v) is 3.51. The van der Waals surface area contributed by atoms with Gasteiger partial charge in [-0.05, 0) is 52.9 Å². The first kappa shape index (κ1) is 24.7. The average Bonchev–Trinajstić information content (AvgIpc) is 3.59. The van der Waals surface area contributed by atoms with Gasteiger partial charge in [0.2, 0.25) is 18.2 Å². The van der Waals surface area contributed by atoms with Crippen molar-refractivity contribution in [3.63, 3.8) is 0 Å². The third-order valence-electron chi connectivity index (χ3n) is 5.20. The smallest absolute Gasteiger partial charge is 0.248 e. The molecule has 4 aromatic rings. The largest absolute Gasteiger partial charge is 0.428 e. The van der Waals surface area contributed by atoms with Gasteiger partial charge in [-0.1, -0.05) is 22.4 Å². The fourth-order valence-electron chi connectivity index (χ4n) is 3.51. The van der Waals surface area contributed by atoms with Crippen LogP contribution in [-0.4, -0.2) is 30.9 Å². The summed E-state index contributed by atoms with van der Waals surface area (Å²) in [5, 5.41) is 21.8. The fraction of sp³-hybridized carbons (Fsp3) is 0.174. The maximum atomic E-state index is 12.6. The molecule has 37 heavy (non-hydrogen) atoms. The minimum absolute atomic E-state index is 0.00593. The summed E-state index contributed by atoms with van der Waals surface area (Å²) < 4.78 is 6.59. The number of nitrogens with one attached hydrogen (secondary N) is 1. The van der Waals surface area contributed by atoms with Crippen molar-refractivity contribution in [2.75, 3.05) is 5.32 Å². The van der Waals surface area contributed by atoms with Crippen molar-refractivity contribution < 1.29 is 9.21 Å². The van der Waals surface area contributed by atoms with E-state index in [2.05, 4.69) is 45.6 Å². The molecule has 0 aliphatic heterocycles. The topological polar surface area (TPSA) is 196 Å². The first-order valence-corrected chi connectivity index (χ1v) is 11.0. The molecule has 0 spiro atoms. The summed E-state index contributed by atoms with van der Waals surface area (Å²) in [5.41, 5.74) is 21.6. The van der Waals surface area contributed by atoms with Crippen molar-refractivity contribution in [2.24, 2.45) is 10.2 Å². The van der Waals surface area contributed by atoms with Crippen LogP contribution in [0.1, 0.15) is 22.7 Å². The Balaban J connectivity index is 1.46. The summed E-state index contributed by atoms with van der Waals surface area (Å²) in [6.45, 7) is -0.0138. The van der Waals surface area contributed by atoms with Crippen LogP contribution in [-0.2, 0) is 30.8 Å². The van der Waals surface area contributed by atoms with Crippen LogP contribution in [0.25, 0.3) is 38.1 Å². The predicted molar refractivity (Wildman–Crippen MR) is 133 cm³/mol. The molecule has 14 nitrogen and oxygen atoms in total. The first-order chi connectivity index (χ1) is 18.2. The van der Waals surface area contributed by atoms with Gasteiger partial charge in [0, 0.05) is 57.7 Å². The molecular weight excluding hydrogens is 476 g/mol. The van der Waals surface area contributed by atoms with Gasteiger partial charge < -0.3 is 9.73 Å². The molecule has 3 heterocycles. The molecule has 0 fully saturated rings. The lowest BCUT2D eigenvalue weighted by Gasteiger charge is -2.06. The number of nitrogens with zero attached hydrogens (tertiary/aromatic N) is 11. The molecule has 4 rings (SSSR count). The van der Waals surface area contributed by atoms with Gasteiger partial charge in [0.1, 0.15) is 6.67 Å². The zero-order chi connectivity index (χ0) is 25.9. The van der Waals surface area contributed by atoms with E-state index in [1.807, 2.05) is 24.3 Å². The number of hydrogen-bond acceptors (Lipinski definition) is 8. The molecule has 1 N–H and O–H groups in total. The quantitative estimate of drug-likeness (QED) is 0.133. The summed E-state index contributed by atoms with van der Waals surface area (Å²) in [6, 6.07) is 9.26. The van der Waals surface area contributed by atoms with Crippen LogP contribution in [0, 0.1) is 0 Å². The Morgan fingerprint density at radius 2 is 1.95 bits per heavy atom. The molecule has 0 atom stereocenters. The van der Waals surface area contributed by atoms with Crippen LogP contribution in [0.15, 0.2) is 76.0 Å². The monoisotopic (exact) mass is 496 g/mol. The van der Waals surface area contributed by atoms with Gasteiger partial charge in [0.05, 0.1) is 12.2 Å². The van der Waals surface area contributed by atoms with Gasteiger partial charge >= 0.3 is 0 Å². The third kappa shape index (κ3) is 6.79. The number of azide groups is 2. The number of hydrogen-bond donors (Lipinski definition) is 1. The number of carbonyl (C=O) groups is 1. The number of rotatable bonds is 11. The van der Waals surface area contributed by atoms with E-state index in [4.69, 9.17) is 15.5 Å². The van der Waals surface area contributed by atoms with E-state index in [0.717, 1.165) is 17.5 Å². The number of aryl methyl sites for hydroxylation is 2. The van der Waals surface area contributed by atoms with Crippen LogP contribution in [0.5, 0.6) is 0 Å². The SMILES string of the molecule is [N-]=[N+]=NCc1nn(CN=[N+]=[N-])cc1-c1ccncc1/C=C/C(=O)Nc1ccc(CCc2nnco2)cc1. The molecule has 0 aliphatic rings. The van der Waals surface area contributed by atoms with Crippen molar-refractivity contribution >= 4 is 17.7 Å². The van der Waals surface area contributed by atoms with E-state index in [1.54, 1.807) is 30.7 Å². The van der Waals surface area contributed by atoms with Gasteiger partial charge in [-0.2, -0.15) is 5.10 Å². The Morgan fingerprint density at radius 3 is 2.70 bits per heavy atom. The van der Waals surface area contributed by atoms with Gasteiger partial charge in [-0.15, -0.1) is 10.2 Å². The second-order valence-electron chi connectivity index (χ2n) is 7.61. The zero-order valence-electron chi connectivity index (χ0n) is 19.4. The predicted octanol–water partition coefficient (Wildman–Crippen LogP) is 4.84. The lowest BCUT2D eigenvalue weighted by atomic mass is 10.0. The molecule has 1 aromatic carbocycles. The lowest BCUT2D eigenvalue weighted by Crippen LogP contribution is -2.07. The molecule has 0 unspecified atom stereocenters. The summed E-state index contributed by atoms with van der Waals surface area (Å²) >= 11 is 0. The zero-order valence-corrected chi connectivity index (χ0v) is 19.4.